The van der Waals surface area contributed by atoms with E-state index in [0.717, 1.165) is 16.3 Å². The molecule has 1 heterocycles. The van der Waals surface area contributed by atoms with Crippen LogP contribution in [0.15, 0.2) is 36.5 Å². The standard InChI is InChI=1S/C12H14N2S/c1-9(13)11-8-14-12(15-11)7-10-5-3-2-4-6-10/h2-6,8-9H,7,13H2,1H3. The van der Waals surface area contributed by atoms with Gasteiger partial charge >= 0.3 is 0 Å². The van der Waals surface area contributed by atoms with Crippen LogP contribution < -0.4 is 5.73 Å². The van der Waals surface area contributed by atoms with Gasteiger partial charge in [-0.2, -0.15) is 0 Å². The molecule has 0 fully saturated rings. The first kappa shape index (κ1) is 10.3. The Morgan fingerprint density at radius 2 is 2.07 bits per heavy atom. The molecule has 0 bridgehead atoms. The number of thiazole rings is 1. The van der Waals surface area contributed by atoms with Gasteiger partial charge in [-0.1, -0.05) is 30.3 Å². The van der Waals surface area contributed by atoms with Crippen LogP contribution in [-0.2, 0) is 6.42 Å². The number of rotatable bonds is 3. The Morgan fingerprint density at radius 1 is 1.33 bits per heavy atom. The van der Waals surface area contributed by atoms with Gasteiger partial charge in [-0.05, 0) is 12.5 Å². The van der Waals surface area contributed by atoms with Crippen molar-refractivity contribution in [1.29, 1.82) is 0 Å². The van der Waals surface area contributed by atoms with Gasteiger partial charge in [-0.25, -0.2) is 4.98 Å². The minimum Gasteiger partial charge on any atom is -0.323 e. The molecule has 0 aliphatic heterocycles. The molecule has 78 valence electrons. The van der Waals surface area contributed by atoms with Crippen LogP contribution in [0.2, 0.25) is 0 Å². The van der Waals surface area contributed by atoms with E-state index >= 15 is 0 Å². The van der Waals surface area contributed by atoms with Crippen molar-refractivity contribution in [2.24, 2.45) is 5.73 Å². The second-order valence-electron chi connectivity index (χ2n) is 3.61. The van der Waals surface area contributed by atoms with Gasteiger partial charge in [-0.3, -0.25) is 0 Å². The molecule has 2 nitrogen and oxygen atoms in total. The zero-order valence-electron chi connectivity index (χ0n) is 8.68. The molecule has 0 amide bonds. The van der Waals surface area contributed by atoms with Crippen LogP contribution >= 0.6 is 11.3 Å². The second-order valence-corrected chi connectivity index (χ2v) is 4.75. The van der Waals surface area contributed by atoms with Crippen molar-refractivity contribution < 1.29 is 0 Å². The molecule has 0 spiro atoms. The molecule has 1 atom stereocenters. The summed E-state index contributed by atoms with van der Waals surface area (Å²) in [5.74, 6) is 0. The Kier molecular flexibility index (Phi) is 3.14. The van der Waals surface area contributed by atoms with E-state index in [9.17, 15) is 0 Å². The average molecular weight is 218 g/mol. The number of aromatic nitrogens is 1. The molecule has 2 aromatic rings. The fraction of sp³-hybridized carbons (Fsp3) is 0.250. The number of nitrogens with zero attached hydrogens (tertiary/aromatic N) is 1. The van der Waals surface area contributed by atoms with Crippen molar-refractivity contribution in [1.82, 2.24) is 4.98 Å². The van der Waals surface area contributed by atoms with E-state index in [0.29, 0.717) is 0 Å². The van der Waals surface area contributed by atoms with Crippen LogP contribution in [0.1, 0.15) is 28.4 Å². The van der Waals surface area contributed by atoms with Crippen LogP contribution in [-0.4, -0.2) is 4.98 Å². The van der Waals surface area contributed by atoms with Gasteiger partial charge in [0.05, 0.1) is 5.01 Å². The average Bonchev–Trinajstić information content (AvgIpc) is 2.68. The Bertz CT molecular complexity index is 420. The van der Waals surface area contributed by atoms with Crippen molar-refractivity contribution in [3.05, 3.63) is 52.0 Å². The summed E-state index contributed by atoms with van der Waals surface area (Å²) in [7, 11) is 0. The van der Waals surface area contributed by atoms with Crippen molar-refractivity contribution in [2.45, 2.75) is 19.4 Å². The molecule has 0 aliphatic carbocycles. The molecular formula is C12H14N2S. The minimum atomic E-state index is 0.0898. The predicted molar refractivity (Wildman–Crippen MR) is 64.0 cm³/mol. The van der Waals surface area contributed by atoms with Gasteiger partial charge in [0.25, 0.3) is 0 Å². The van der Waals surface area contributed by atoms with Gasteiger partial charge in [-0.15, -0.1) is 11.3 Å². The first-order chi connectivity index (χ1) is 7.25. The van der Waals surface area contributed by atoms with Crippen molar-refractivity contribution >= 4 is 11.3 Å². The maximum atomic E-state index is 5.79. The Hall–Kier alpha value is -1.19. The van der Waals surface area contributed by atoms with Crippen LogP contribution in [0.5, 0.6) is 0 Å². The van der Waals surface area contributed by atoms with Crippen LogP contribution in [0.25, 0.3) is 0 Å². The third kappa shape index (κ3) is 2.64. The molecule has 0 radical (unpaired) electrons. The smallest absolute Gasteiger partial charge is 0.0972 e. The summed E-state index contributed by atoms with van der Waals surface area (Å²) >= 11 is 1.70. The first-order valence-electron chi connectivity index (χ1n) is 5.00. The third-order valence-electron chi connectivity index (χ3n) is 2.22. The third-order valence-corrected chi connectivity index (χ3v) is 3.42. The lowest BCUT2D eigenvalue weighted by Crippen LogP contribution is -2.01. The quantitative estimate of drug-likeness (QED) is 0.860. The molecule has 15 heavy (non-hydrogen) atoms. The summed E-state index contributed by atoms with van der Waals surface area (Å²) in [4.78, 5) is 5.52. The Balaban J connectivity index is 2.12. The Labute approximate surface area is 93.8 Å². The molecule has 1 aromatic heterocycles. The van der Waals surface area contributed by atoms with E-state index in [2.05, 4.69) is 29.2 Å². The van der Waals surface area contributed by atoms with E-state index in [-0.39, 0.29) is 6.04 Å². The lowest BCUT2D eigenvalue weighted by molar-refractivity contribution is 0.835. The number of benzene rings is 1. The van der Waals surface area contributed by atoms with Gasteiger partial charge in [0.15, 0.2) is 0 Å². The van der Waals surface area contributed by atoms with E-state index in [4.69, 9.17) is 5.73 Å². The van der Waals surface area contributed by atoms with Gasteiger partial charge in [0.2, 0.25) is 0 Å². The van der Waals surface area contributed by atoms with E-state index in [1.165, 1.54) is 5.56 Å². The molecule has 0 saturated heterocycles. The molecule has 0 saturated carbocycles. The van der Waals surface area contributed by atoms with Crippen LogP contribution in [0.3, 0.4) is 0 Å². The Morgan fingerprint density at radius 3 is 2.67 bits per heavy atom. The van der Waals surface area contributed by atoms with Crippen molar-refractivity contribution in [3.8, 4) is 0 Å². The molecule has 2 N–H and O–H groups in total. The summed E-state index contributed by atoms with van der Waals surface area (Å²) < 4.78 is 0. The number of hydrogen-bond donors (Lipinski definition) is 1. The fourth-order valence-electron chi connectivity index (χ4n) is 1.39. The maximum Gasteiger partial charge on any atom is 0.0972 e. The highest BCUT2D eigenvalue weighted by Crippen LogP contribution is 2.20. The highest BCUT2D eigenvalue weighted by molar-refractivity contribution is 7.11. The topological polar surface area (TPSA) is 38.9 Å². The monoisotopic (exact) mass is 218 g/mol. The second kappa shape index (κ2) is 4.55. The SMILES string of the molecule is CC(N)c1cnc(Cc2ccccc2)s1. The highest BCUT2D eigenvalue weighted by Gasteiger charge is 2.05. The zero-order chi connectivity index (χ0) is 10.7. The van der Waals surface area contributed by atoms with E-state index < -0.39 is 0 Å². The van der Waals surface area contributed by atoms with Crippen LogP contribution in [0, 0.1) is 0 Å². The molecular weight excluding hydrogens is 204 g/mol. The number of nitrogens with two attached hydrogens (primary N) is 1. The highest BCUT2D eigenvalue weighted by atomic mass is 32.1. The van der Waals surface area contributed by atoms with Crippen molar-refractivity contribution in [3.63, 3.8) is 0 Å². The molecule has 1 aromatic carbocycles. The number of hydrogen-bond acceptors (Lipinski definition) is 3. The maximum absolute atomic E-state index is 5.79. The molecule has 0 aliphatic rings. The van der Waals surface area contributed by atoms with Gasteiger partial charge in [0.1, 0.15) is 0 Å². The summed E-state index contributed by atoms with van der Waals surface area (Å²) in [6, 6.07) is 10.5. The molecule has 3 heteroatoms. The van der Waals surface area contributed by atoms with E-state index in [1.54, 1.807) is 11.3 Å². The lowest BCUT2D eigenvalue weighted by atomic mass is 10.2. The summed E-state index contributed by atoms with van der Waals surface area (Å²) in [5.41, 5.74) is 7.09. The zero-order valence-corrected chi connectivity index (χ0v) is 9.50. The first-order valence-corrected chi connectivity index (χ1v) is 5.81. The lowest BCUT2D eigenvalue weighted by Gasteiger charge is -1.98. The fourth-order valence-corrected chi connectivity index (χ4v) is 2.29. The largest absolute Gasteiger partial charge is 0.323 e. The van der Waals surface area contributed by atoms with Crippen molar-refractivity contribution in [2.75, 3.05) is 0 Å². The van der Waals surface area contributed by atoms with E-state index in [1.807, 2.05) is 19.2 Å². The van der Waals surface area contributed by atoms with Gasteiger partial charge < -0.3 is 5.73 Å². The predicted octanol–water partition coefficient (Wildman–Crippen LogP) is 2.75. The van der Waals surface area contributed by atoms with Crippen LogP contribution in [0.4, 0.5) is 0 Å². The summed E-state index contributed by atoms with van der Waals surface area (Å²) in [6.07, 6.45) is 2.78. The summed E-state index contributed by atoms with van der Waals surface area (Å²) in [6.45, 7) is 1.99. The summed E-state index contributed by atoms with van der Waals surface area (Å²) in [5, 5.41) is 1.13. The molecule has 2 rings (SSSR count). The van der Waals surface area contributed by atoms with Gasteiger partial charge in [0, 0.05) is 23.5 Å². The minimum absolute atomic E-state index is 0.0898. The molecule has 1 unspecified atom stereocenters. The normalized spacial score (nSPS) is 12.7.